The van der Waals surface area contributed by atoms with Crippen LogP contribution in [0.4, 0.5) is 0 Å². The van der Waals surface area contributed by atoms with E-state index in [1.165, 1.54) is 5.56 Å². The number of nitriles is 1. The van der Waals surface area contributed by atoms with Gasteiger partial charge in [0.1, 0.15) is 6.07 Å². The Morgan fingerprint density at radius 1 is 1.50 bits per heavy atom. The van der Waals surface area contributed by atoms with Gasteiger partial charge in [0.15, 0.2) is 0 Å². The van der Waals surface area contributed by atoms with Crippen LogP contribution in [0.15, 0.2) is 12.1 Å². The molecule has 14 heavy (non-hydrogen) atoms. The van der Waals surface area contributed by atoms with Crippen molar-refractivity contribution in [1.82, 2.24) is 0 Å². The summed E-state index contributed by atoms with van der Waals surface area (Å²) in [5, 5.41) is 9.52. The molecule has 0 radical (unpaired) electrons. The Bertz CT molecular complexity index is 406. The third-order valence-electron chi connectivity index (χ3n) is 2.73. The van der Waals surface area contributed by atoms with Crippen molar-refractivity contribution in [2.24, 2.45) is 5.73 Å². The molecule has 1 aliphatic rings. The standard InChI is InChI=1S/C11H11ClN2/c12-9-5-4-7-2-1-3-10(14)11(7)8(9)6-13/h4-5,10H,1-3,14H2/t10-/m1/s1. The molecule has 0 unspecified atom stereocenters. The Balaban J connectivity index is 2.65. The molecule has 0 heterocycles. The molecule has 2 N–H and O–H groups in total. The first-order chi connectivity index (χ1) is 6.74. The van der Waals surface area contributed by atoms with Crippen molar-refractivity contribution < 1.29 is 0 Å². The van der Waals surface area contributed by atoms with Crippen molar-refractivity contribution in [1.29, 1.82) is 5.26 Å². The average molecular weight is 207 g/mol. The number of aryl methyl sites for hydroxylation is 1. The van der Waals surface area contributed by atoms with Gasteiger partial charge in [-0.3, -0.25) is 0 Å². The topological polar surface area (TPSA) is 49.8 Å². The molecule has 1 atom stereocenters. The van der Waals surface area contributed by atoms with Crippen LogP contribution in [-0.4, -0.2) is 0 Å². The fraction of sp³-hybridized carbons (Fsp3) is 0.364. The molecule has 0 fully saturated rings. The highest BCUT2D eigenvalue weighted by Gasteiger charge is 2.21. The Hall–Kier alpha value is -1.04. The monoisotopic (exact) mass is 206 g/mol. The first-order valence-corrected chi connectivity index (χ1v) is 5.09. The molecule has 3 heteroatoms. The molecule has 1 aromatic rings. The number of halogens is 1. The molecule has 0 saturated carbocycles. The van der Waals surface area contributed by atoms with Crippen LogP contribution in [0.3, 0.4) is 0 Å². The first kappa shape index (κ1) is 9.51. The van der Waals surface area contributed by atoms with Crippen molar-refractivity contribution in [3.8, 4) is 6.07 Å². The third-order valence-corrected chi connectivity index (χ3v) is 3.04. The second-order valence-electron chi connectivity index (χ2n) is 3.61. The highest BCUT2D eigenvalue weighted by Crippen LogP contribution is 2.33. The summed E-state index contributed by atoms with van der Waals surface area (Å²) in [5.41, 5.74) is 8.70. The van der Waals surface area contributed by atoms with Gasteiger partial charge in [0.25, 0.3) is 0 Å². The Morgan fingerprint density at radius 2 is 2.29 bits per heavy atom. The van der Waals surface area contributed by atoms with Gasteiger partial charge in [-0.1, -0.05) is 17.7 Å². The van der Waals surface area contributed by atoms with Crippen LogP contribution in [-0.2, 0) is 6.42 Å². The highest BCUT2D eigenvalue weighted by atomic mass is 35.5. The van der Waals surface area contributed by atoms with E-state index in [1.807, 2.05) is 6.07 Å². The normalized spacial score (nSPS) is 19.9. The number of hydrogen-bond acceptors (Lipinski definition) is 2. The number of hydrogen-bond donors (Lipinski definition) is 1. The van der Waals surface area contributed by atoms with Crippen LogP contribution in [0.2, 0.25) is 5.02 Å². The van der Waals surface area contributed by atoms with Crippen molar-refractivity contribution in [2.75, 3.05) is 0 Å². The van der Waals surface area contributed by atoms with E-state index in [2.05, 4.69) is 6.07 Å². The van der Waals surface area contributed by atoms with Gasteiger partial charge in [-0.15, -0.1) is 0 Å². The predicted octanol–water partition coefficient (Wildman–Crippen LogP) is 2.55. The lowest BCUT2D eigenvalue weighted by molar-refractivity contribution is 0.569. The molecule has 0 amide bonds. The number of rotatable bonds is 0. The lowest BCUT2D eigenvalue weighted by atomic mass is 9.85. The van der Waals surface area contributed by atoms with Crippen LogP contribution >= 0.6 is 11.6 Å². The summed E-state index contributed by atoms with van der Waals surface area (Å²) in [6.07, 6.45) is 3.05. The smallest absolute Gasteiger partial charge is 0.101 e. The summed E-state index contributed by atoms with van der Waals surface area (Å²) in [4.78, 5) is 0. The van der Waals surface area contributed by atoms with Crippen molar-refractivity contribution in [2.45, 2.75) is 25.3 Å². The maximum Gasteiger partial charge on any atom is 0.101 e. The van der Waals surface area contributed by atoms with Gasteiger partial charge >= 0.3 is 0 Å². The van der Waals surface area contributed by atoms with Gasteiger partial charge in [-0.25, -0.2) is 0 Å². The Labute approximate surface area is 88.3 Å². The van der Waals surface area contributed by atoms with Crippen LogP contribution in [0, 0.1) is 11.3 Å². The minimum absolute atomic E-state index is 0.0212. The molecule has 0 saturated heterocycles. The largest absolute Gasteiger partial charge is 0.324 e. The zero-order valence-corrected chi connectivity index (χ0v) is 8.51. The van der Waals surface area contributed by atoms with Gasteiger partial charge in [0.2, 0.25) is 0 Å². The van der Waals surface area contributed by atoms with Gasteiger partial charge in [0.05, 0.1) is 10.6 Å². The SMILES string of the molecule is N#Cc1c(Cl)ccc2c1[C@H](N)CCC2. The summed E-state index contributed by atoms with van der Waals surface area (Å²) in [5.74, 6) is 0. The second kappa shape index (κ2) is 3.61. The summed E-state index contributed by atoms with van der Waals surface area (Å²) >= 11 is 5.95. The third kappa shape index (κ3) is 1.39. The summed E-state index contributed by atoms with van der Waals surface area (Å²) in [7, 11) is 0. The molecule has 2 nitrogen and oxygen atoms in total. The van der Waals surface area contributed by atoms with Crippen molar-refractivity contribution in [3.05, 3.63) is 33.8 Å². The van der Waals surface area contributed by atoms with E-state index < -0.39 is 0 Å². The fourth-order valence-electron chi connectivity index (χ4n) is 2.05. The molecule has 0 spiro atoms. The molecule has 1 aromatic carbocycles. The van der Waals surface area contributed by atoms with Crippen LogP contribution in [0.25, 0.3) is 0 Å². The predicted molar refractivity (Wildman–Crippen MR) is 56.0 cm³/mol. The highest BCUT2D eigenvalue weighted by molar-refractivity contribution is 6.31. The van der Waals surface area contributed by atoms with E-state index in [9.17, 15) is 0 Å². The molecule has 0 aliphatic heterocycles. The fourth-order valence-corrected chi connectivity index (χ4v) is 2.26. The van der Waals surface area contributed by atoms with E-state index in [4.69, 9.17) is 22.6 Å². The van der Waals surface area contributed by atoms with Gasteiger partial charge in [0, 0.05) is 6.04 Å². The average Bonchev–Trinajstić information content (AvgIpc) is 2.19. The molecule has 1 aliphatic carbocycles. The van der Waals surface area contributed by atoms with Crippen LogP contribution in [0.5, 0.6) is 0 Å². The van der Waals surface area contributed by atoms with Gasteiger partial charge < -0.3 is 5.73 Å². The van der Waals surface area contributed by atoms with Crippen LogP contribution < -0.4 is 5.73 Å². The Morgan fingerprint density at radius 3 is 3.00 bits per heavy atom. The molecule has 72 valence electrons. The lowest BCUT2D eigenvalue weighted by Crippen LogP contribution is -2.19. The molecular formula is C11H11ClN2. The van der Waals surface area contributed by atoms with E-state index in [0.717, 1.165) is 24.8 Å². The number of nitrogens with two attached hydrogens (primary N) is 1. The van der Waals surface area contributed by atoms with E-state index in [0.29, 0.717) is 10.6 Å². The molecule has 0 bridgehead atoms. The summed E-state index contributed by atoms with van der Waals surface area (Å²) in [6.45, 7) is 0. The number of nitrogens with zero attached hydrogens (tertiary/aromatic N) is 1. The molecular weight excluding hydrogens is 196 g/mol. The van der Waals surface area contributed by atoms with E-state index >= 15 is 0 Å². The van der Waals surface area contributed by atoms with E-state index in [1.54, 1.807) is 6.07 Å². The summed E-state index contributed by atoms with van der Waals surface area (Å²) in [6, 6.07) is 5.89. The molecule has 2 rings (SSSR count). The van der Waals surface area contributed by atoms with Gasteiger partial charge in [-0.2, -0.15) is 5.26 Å². The quantitative estimate of drug-likeness (QED) is 0.709. The van der Waals surface area contributed by atoms with Crippen LogP contribution in [0.1, 0.15) is 35.6 Å². The second-order valence-corrected chi connectivity index (χ2v) is 4.01. The molecule has 0 aromatic heterocycles. The summed E-state index contributed by atoms with van der Waals surface area (Å²) < 4.78 is 0. The zero-order chi connectivity index (χ0) is 10.1. The minimum Gasteiger partial charge on any atom is -0.324 e. The van der Waals surface area contributed by atoms with E-state index in [-0.39, 0.29) is 6.04 Å². The first-order valence-electron chi connectivity index (χ1n) is 4.71. The maximum absolute atomic E-state index is 9.00. The van der Waals surface area contributed by atoms with Gasteiger partial charge in [-0.05, 0) is 36.5 Å². The zero-order valence-electron chi connectivity index (χ0n) is 7.76. The number of benzene rings is 1. The number of fused-ring (bicyclic) bond motifs is 1. The Kier molecular flexibility index (Phi) is 2.45. The van der Waals surface area contributed by atoms with Crippen molar-refractivity contribution in [3.63, 3.8) is 0 Å². The minimum atomic E-state index is -0.0212. The maximum atomic E-state index is 9.00. The lowest BCUT2D eigenvalue weighted by Gasteiger charge is -2.23. The van der Waals surface area contributed by atoms with Crippen molar-refractivity contribution >= 4 is 11.6 Å².